The van der Waals surface area contributed by atoms with Crippen molar-refractivity contribution in [1.29, 1.82) is 0 Å². The van der Waals surface area contributed by atoms with Gasteiger partial charge < -0.3 is 46.2 Å². The number of hydrogen-bond donors (Lipinski definition) is 8. The number of nitrogens with zero attached hydrogens (tertiary/aromatic N) is 1. The zero-order valence-electron chi connectivity index (χ0n) is 21.3. The second-order valence-corrected chi connectivity index (χ2v) is 8.52. The number of nitrogens with one attached hydrogen (secondary N) is 4. The molecule has 0 aromatic rings. The molecule has 0 aliphatic rings. The van der Waals surface area contributed by atoms with Crippen LogP contribution in [0.5, 0.6) is 0 Å². The molecular formula is C21H33N5O12S. The summed E-state index contributed by atoms with van der Waals surface area (Å²) in [6.07, 6.45) is -3.25. The monoisotopic (exact) mass is 579 g/mol. The normalized spacial score (nSPS) is 12.6. The van der Waals surface area contributed by atoms with Gasteiger partial charge in [0.25, 0.3) is 0 Å². The van der Waals surface area contributed by atoms with Gasteiger partial charge in [0.15, 0.2) is 0 Å². The third kappa shape index (κ3) is 15.7. The third-order valence-corrected chi connectivity index (χ3v) is 4.89. The molecular weight excluding hydrogens is 546 g/mol. The van der Waals surface area contributed by atoms with E-state index in [1.807, 2.05) is 5.32 Å². The minimum Gasteiger partial charge on any atom is -0.481 e. The van der Waals surface area contributed by atoms with Crippen molar-refractivity contribution in [2.24, 2.45) is 0 Å². The molecule has 0 fully saturated rings. The first-order valence-electron chi connectivity index (χ1n) is 11.5. The van der Waals surface area contributed by atoms with Crippen LogP contribution in [-0.2, 0) is 38.3 Å². The van der Waals surface area contributed by atoms with Crippen LogP contribution in [0.1, 0.15) is 32.6 Å². The van der Waals surface area contributed by atoms with E-state index in [2.05, 4.69) is 28.6 Å². The summed E-state index contributed by atoms with van der Waals surface area (Å²) in [7, 11) is 1.51. The number of carboxylic acids is 3. The van der Waals surface area contributed by atoms with Crippen molar-refractivity contribution in [2.75, 3.05) is 32.5 Å². The van der Waals surface area contributed by atoms with Gasteiger partial charge in [-0.15, -0.1) is 0 Å². The van der Waals surface area contributed by atoms with Crippen LogP contribution in [0, 0.1) is 0 Å². The Hall–Kier alpha value is -4.09. The first-order valence-corrected chi connectivity index (χ1v) is 12.1. The van der Waals surface area contributed by atoms with E-state index >= 15 is 0 Å². The molecule has 5 amide bonds. The average Bonchev–Trinajstić information content (AvgIpc) is 2.81. The van der Waals surface area contributed by atoms with Crippen LogP contribution in [0.2, 0.25) is 0 Å². The van der Waals surface area contributed by atoms with E-state index in [-0.39, 0.29) is 19.6 Å². The summed E-state index contributed by atoms with van der Waals surface area (Å²) in [5.41, 5.74) is 0. The molecule has 39 heavy (non-hydrogen) atoms. The van der Waals surface area contributed by atoms with Crippen molar-refractivity contribution in [2.45, 2.75) is 50.7 Å². The summed E-state index contributed by atoms with van der Waals surface area (Å²) in [5.74, 6) is -8.25. The Morgan fingerprint density at radius 2 is 1.21 bits per heavy atom. The minimum absolute atomic E-state index is 0.0722. The number of amides is 5. The van der Waals surface area contributed by atoms with Crippen LogP contribution in [0.4, 0.5) is 4.79 Å². The predicted octanol–water partition coefficient (Wildman–Crippen LogP) is -2.61. The topological polar surface area (TPSA) is 258 Å². The van der Waals surface area contributed by atoms with Crippen molar-refractivity contribution >= 4 is 60.3 Å². The van der Waals surface area contributed by atoms with E-state index in [1.54, 1.807) is 0 Å². The van der Waals surface area contributed by atoms with Gasteiger partial charge in [0.05, 0.1) is 25.9 Å². The Morgan fingerprint density at radius 3 is 1.62 bits per heavy atom. The fourth-order valence-electron chi connectivity index (χ4n) is 2.86. The summed E-state index contributed by atoms with van der Waals surface area (Å²) in [5, 5.41) is 35.7. The smallest absolute Gasteiger partial charge is 0.409 e. The predicted molar refractivity (Wildman–Crippen MR) is 134 cm³/mol. The molecule has 0 saturated heterocycles. The Bertz CT molecular complexity index is 915. The molecule has 0 aliphatic heterocycles. The maximum Gasteiger partial charge on any atom is 0.409 e. The molecule has 0 aliphatic carbocycles. The van der Waals surface area contributed by atoms with Gasteiger partial charge in [0.1, 0.15) is 18.1 Å². The zero-order valence-corrected chi connectivity index (χ0v) is 22.2. The lowest BCUT2D eigenvalue weighted by atomic mass is 10.1. The van der Waals surface area contributed by atoms with Crippen molar-refractivity contribution in [3.8, 4) is 0 Å². The number of aliphatic carboxylic acids is 3. The second kappa shape index (κ2) is 18.2. The van der Waals surface area contributed by atoms with Crippen LogP contribution in [0.3, 0.4) is 0 Å². The maximum absolute atomic E-state index is 12.7. The Labute approximate surface area is 228 Å². The largest absolute Gasteiger partial charge is 0.481 e. The zero-order chi connectivity index (χ0) is 30.1. The number of carbonyl (C=O) groups is 8. The Balaban J connectivity index is 5.27. The van der Waals surface area contributed by atoms with Gasteiger partial charge in [-0.1, -0.05) is 0 Å². The molecule has 0 aromatic heterocycles. The van der Waals surface area contributed by atoms with Crippen LogP contribution >= 0.6 is 12.6 Å². The van der Waals surface area contributed by atoms with Crippen molar-refractivity contribution in [1.82, 2.24) is 26.2 Å². The molecule has 7 N–H and O–H groups in total. The van der Waals surface area contributed by atoms with Gasteiger partial charge in [-0.25, -0.2) is 4.79 Å². The van der Waals surface area contributed by atoms with Gasteiger partial charge in [-0.2, -0.15) is 12.6 Å². The van der Waals surface area contributed by atoms with Gasteiger partial charge in [-0.3, -0.25) is 33.6 Å². The summed E-state index contributed by atoms with van der Waals surface area (Å²) in [4.78, 5) is 95.4. The molecule has 0 aromatic carbocycles. The summed E-state index contributed by atoms with van der Waals surface area (Å²) in [6, 6.07) is -5.18. The second-order valence-electron chi connectivity index (χ2n) is 8.07. The van der Waals surface area contributed by atoms with Crippen LogP contribution in [0.25, 0.3) is 0 Å². The van der Waals surface area contributed by atoms with Crippen molar-refractivity contribution in [3.05, 3.63) is 0 Å². The van der Waals surface area contributed by atoms with E-state index in [0.717, 1.165) is 6.92 Å². The Morgan fingerprint density at radius 1 is 0.769 bits per heavy atom. The third-order valence-electron chi connectivity index (χ3n) is 4.69. The fourth-order valence-corrected chi connectivity index (χ4v) is 3.16. The molecule has 0 spiro atoms. The number of thiol groups is 1. The van der Waals surface area contributed by atoms with Crippen molar-refractivity contribution in [3.63, 3.8) is 0 Å². The molecule has 0 saturated carbocycles. The molecule has 0 bridgehead atoms. The summed E-state index contributed by atoms with van der Waals surface area (Å²) >= 11 is 3.99. The van der Waals surface area contributed by atoms with Gasteiger partial charge in [0, 0.05) is 32.8 Å². The maximum atomic E-state index is 12.7. The highest BCUT2D eigenvalue weighted by Crippen LogP contribution is 2.02. The van der Waals surface area contributed by atoms with Gasteiger partial charge in [-0.05, 0) is 6.42 Å². The standard InChI is InChI=1S/C21H33N5O12S/c1-11(27)23-13(9-16(30)31)19(35)25-14(10-17(32)33)20(36)24-12(8-15(28)29)18(34)22-4-3-6-38-21(37)26(2)5-7-39/h12-14,39H,3-10H2,1-2H3,(H,22,34)(H,23,27)(H,24,36)(H,25,35)(H,28,29)(H,30,31)(H,32,33). The quantitative estimate of drug-likeness (QED) is 0.0614. The first-order chi connectivity index (χ1) is 18.2. The minimum atomic E-state index is -1.85. The molecule has 17 nitrogen and oxygen atoms in total. The molecule has 220 valence electrons. The summed E-state index contributed by atoms with van der Waals surface area (Å²) < 4.78 is 4.98. The summed E-state index contributed by atoms with van der Waals surface area (Å²) in [6.45, 7) is 1.21. The van der Waals surface area contributed by atoms with Crippen LogP contribution in [-0.4, -0.2) is 118 Å². The molecule has 0 heterocycles. The highest BCUT2D eigenvalue weighted by atomic mass is 32.1. The average molecular weight is 580 g/mol. The lowest BCUT2D eigenvalue weighted by Crippen LogP contribution is -2.57. The van der Waals surface area contributed by atoms with E-state index in [0.29, 0.717) is 12.3 Å². The van der Waals surface area contributed by atoms with Gasteiger partial charge in [0.2, 0.25) is 23.6 Å². The number of carbonyl (C=O) groups excluding carboxylic acids is 5. The van der Waals surface area contributed by atoms with E-state index in [1.165, 1.54) is 11.9 Å². The molecule has 18 heteroatoms. The number of rotatable bonds is 18. The molecule has 0 radical (unpaired) electrons. The van der Waals surface area contributed by atoms with E-state index in [4.69, 9.17) is 20.1 Å². The number of ether oxygens (including phenoxy) is 1. The number of carboxylic acid groups (broad SMARTS) is 3. The SMILES string of the molecule is CC(=O)NC(CC(=O)O)C(=O)NC(CC(=O)O)C(=O)NC(CC(=O)O)C(=O)NCCCOC(=O)N(C)CCS. The van der Waals surface area contributed by atoms with E-state index < -0.39 is 85.0 Å². The highest BCUT2D eigenvalue weighted by Gasteiger charge is 2.32. The van der Waals surface area contributed by atoms with Crippen LogP contribution in [0.15, 0.2) is 0 Å². The van der Waals surface area contributed by atoms with E-state index in [9.17, 15) is 38.4 Å². The first kappa shape index (κ1) is 34.9. The lowest BCUT2D eigenvalue weighted by Gasteiger charge is -2.23. The van der Waals surface area contributed by atoms with Crippen molar-refractivity contribution < 1.29 is 58.4 Å². The molecule has 3 atom stereocenters. The molecule has 0 rings (SSSR count). The Kier molecular flexibility index (Phi) is 16.3. The fraction of sp³-hybridized carbons (Fsp3) is 0.619. The highest BCUT2D eigenvalue weighted by molar-refractivity contribution is 7.80. The number of hydrogen-bond acceptors (Lipinski definition) is 10. The molecule has 3 unspecified atom stereocenters. The lowest BCUT2D eigenvalue weighted by molar-refractivity contribution is -0.144. The van der Waals surface area contributed by atoms with Crippen LogP contribution < -0.4 is 21.3 Å². The van der Waals surface area contributed by atoms with Gasteiger partial charge >= 0.3 is 24.0 Å².